The van der Waals surface area contributed by atoms with Crippen LogP contribution in [-0.2, 0) is 4.79 Å². The van der Waals surface area contributed by atoms with Crippen LogP contribution in [0.15, 0.2) is 0 Å². The van der Waals surface area contributed by atoms with Crippen molar-refractivity contribution in [2.45, 2.75) is 13.0 Å². The van der Waals surface area contributed by atoms with Crippen LogP contribution in [-0.4, -0.2) is 30.9 Å². The van der Waals surface area contributed by atoms with Crippen LogP contribution in [0.2, 0.25) is 0 Å². The van der Waals surface area contributed by atoms with E-state index in [0.717, 1.165) is 0 Å². The van der Waals surface area contributed by atoms with Crippen LogP contribution < -0.4 is 5.73 Å². The molecule has 2 N–H and O–H groups in total. The van der Waals surface area contributed by atoms with Gasteiger partial charge in [0, 0.05) is 14.1 Å². The molecule has 0 aromatic carbocycles. The Morgan fingerprint density at radius 3 is 1.89 bits per heavy atom. The van der Waals surface area contributed by atoms with Gasteiger partial charge in [0.1, 0.15) is 0 Å². The highest BCUT2D eigenvalue weighted by atomic mass is 79.9. The van der Waals surface area contributed by atoms with E-state index in [9.17, 15) is 4.79 Å². The first-order valence-electron chi connectivity index (χ1n) is 2.52. The number of hydrogen-bond donors (Lipinski definition) is 1. The molecule has 0 aromatic rings. The number of nitrogens with two attached hydrogens (primary N) is 1. The molecule has 0 bridgehead atoms. The first kappa shape index (κ1) is 11.7. The number of likely N-dealkylation sites (N-methyl/N-ethyl adjacent to an activating group) is 1. The van der Waals surface area contributed by atoms with Gasteiger partial charge in [-0.25, -0.2) is 0 Å². The van der Waals surface area contributed by atoms with Crippen LogP contribution in [0.3, 0.4) is 0 Å². The van der Waals surface area contributed by atoms with Crippen molar-refractivity contribution >= 4 is 22.9 Å². The molecule has 0 fully saturated rings. The fraction of sp³-hybridized carbons (Fsp3) is 0.800. The van der Waals surface area contributed by atoms with Crippen molar-refractivity contribution < 1.29 is 4.79 Å². The van der Waals surface area contributed by atoms with Gasteiger partial charge < -0.3 is 10.6 Å². The summed E-state index contributed by atoms with van der Waals surface area (Å²) in [6, 6.07) is -0.370. The Morgan fingerprint density at radius 2 is 1.89 bits per heavy atom. The normalized spacial score (nSPS) is 11.6. The molecule has 0 unspecified atom stereocenters. The molecule has 0 aliphatic carbocycles. The maximum atomic E-state index is 10.6. The largest absolute Gasteiger partial charge is 0.347 e. The van der Waals surface area contributed by atoms with Crippen molar-refractivity contribution in [2.75, 3.05) is 14.1 Å². The van der Waals surface area contributed by atoms with E-state index >= 15 is 0 Å². The molecule has 1 amide bonds. The van der Waals surface area contributed by atoms with Crippen LogP contribution in [0.4, 0.5) is 0 Å². The molecule has 0 aliphatic rings. The smallest absolute Gasteiger partial charge is 0.238 e. The lowest BCUT2D eigenvalue weighted by atomic mass is 10.3. The third-order valence-electron chi connectivity index (χ3n) is 0.830. The van der Waals surface area contributed by atoms with Crippen LogP contribution in [0.1, 0.15) is 6.92 Å². The Hall–Kier alpha value is -0.0900. The molecule has 56 valence electrons. The van der Waals surface area contributed by atoms with Crippen molar-refractivity contribution in [3.05, 3.63) is 0 Å². The summed E-state index contributed by atoms with van der Waals surface area (Å²) in [6.07, 6.45) is 0. The maximum absolute atomic E-state index is 10.6. The van der Waals surface area contributed by atoms with Crippen molar-refractivity contribution in [1.29, 1.82) is 0 Å². The van der Waals surface area contributed by atoms with Gasteiger partial charge in [-0.1, -0.05) is 0 Å². The van der Waals surface area contributed by atoms with E-state index in [2.05, 4.69) is 0 Å². The third kappa shape index (κ3) is 4.42. The molecule has 0 radical (unpaired) electrons. The van der Waals surface area contributed by atoms with E-state index in [4.69, 9.17) is 5.73 Å². The Bertz CT molecular complexity index is 83.0. The quantitative estimate of drug-likeness (QED) is 0.643. The molecule has 0 saturated heterocycles. The minimum absolute atomic E-state index is 0. The van der Waals surface area contributed by atoms with Crippen molar-refractivity contribution in [3.63, 3.8) is 0 Å². The standard InChI is InChI=1S/C5H12N2O.BrH/c1-4(6)5(8)7(2)3;/h4H,6H2,1-3H3;1H/t4-;/m0./s1. The zero-order valence-electron chi connectivity index (χ0n) is 5.92. The third-order valence-corrected chi connectivity index (χ3v) is 0.830. The Balaban J connectivity index is 0. The van der Waals surface area contributed by atoms with Crippen LogP contribution in [0.25, 0.3) is 0 Å². The van der Waals surface area contributed by atoms with E-state index < -0.39 is 0 Å². The van der Waals surface area contributed by atoms with Gasteiger partial charge in [-0.2, -0.15) is 0 Å². The van der Waals surface area contributed by atoms with Crippen LogP contribution >= 0.6 is 17.0 Å². The van der Waals surface area contributed by atoms with E-state index in [1.807, 2.05) is 0 Å². The highest BCUT2D eigenvalue weighted by Gasteiger charge is 2.07. The average Bonchev–Trinajstić information content (AvgIpc) is 1.64. The molecule has 9 heavy (non-hydrogen) atoms. The highest BCUT2D eigenvalue weighted by Crippen LogP contribution is 1.81. The summed E-state index contributed by atoms with van der Waals surface area (Å²) < 4.78 is 0. The Labute approximate surface area is 66.0 Å². The first-order valence-corrected chi connectivity index (χ1v) is 2.52. The summed E-state index contributed by atoms with van der Waals surface area (Å²) in [5.41, 5.74) is 5.25. The lowest BCUT2D eigenvalue weighted by Gasteiger charge is -2.11. The molecule has 0 aromatic heterocycles. The molecule has 0 spiro atoms. The molecule has 1 atom stereocenters. The number of carbonyl (C=O) groups excluding carboxylic acids is 1. The van der Waals surface area contributed by atoms with E-state index in [-0.39, 0.29) is 28.9 Å². The van der Waals surface area contributed by atoms with E-state index in [1.54, 1.807) is 21.0 Å². The van der Waals surface area contributed by atoms with Gasteiger partial charge in [-0.15, -0.1) is 17.0 Å². The SMILES string of the molecule is Br.C[C@H](N)C(=O)N(C)C. The summed E-state index contributed by atoms with van der Waals surface area (Å²) in [7, 11) is 3.37. The molecule has 4 heteroatoms. The second-order valence-electron chi connectivity index (χ2n) is 2.02. The van der Waals surface area contributed by atoms with Crippen molar-refractivity contribution in [3.8, 4) is 0 Å². The lowest BCUT2D eigenvalue weighted by molar-refractivity contribution is -0.129. The summed E-state index contributed by atoms with van der Waals surface area (Å²) in [6.45, 7) is 1.67. The monoisotopic (exact) mass is 196 g/mol. The Kier molecular flexibility index (Phi) is 6.17. The van der Waals surface area contributed by atoms with Crippen molar-refractivity contribution in [2.24, 2.45) is 5.73 Å². The molecular weight excluding hydrogens is 184 g/mol. The number of halogens is 1. The summed E-state index contributed by atoms with van der Waals surface area (Å²) >= 11 is 0. The number of amides is 1. The fourth-order valence-electron chi connectivity index (χ4n) is 0.407. The minimum Gasteiger partial charge on any atom is -0.347 e. The zero-order chi connectivity index (χ0) is 6.73. The van der Waals surface area contributed by atoms with Gasteiger partial charge in [0.25, 0.3) is 0 Å². The van der Waals surface area contributed by atoms with Gasteiger partial charge in [-0.05, 0) is 6.92 Å². The lowest BCUT2D eigenvalue weighted by Crippen LogP contribution is -2.37. The molecular formula is C5H13BrN2O. The van der Waals surface area contributed by atoms with Crippen LogP contribution in [0, 0.1) is 0 Å². The van der Waals surface area contributed by atoms with Crippen molar-refractivity contribution in [1.82, 2.24) is 4.90 Å². The number of hydrogen-bond acceptors (Lipinski definition) is 2. The molecule has 0 rings (SSSR count). The second kappa shape index (κ2) is 4.76. The summed E-state index contributed by atoms with van der Waals surface area (Å²) in [4.78, 5) is 12.1. The topological polar surface area (TPSA) is 46.3 Å². The first-order chi connectivity index (χ1) is 3.55. The number of nitrogens with zero attached hydrogens (tertiary/aromatic N) is 1. The predicted molar refractivity (Wildman–Crippen MR) is 42.7 cm³/mol. The van der Waals surface area contributed by atoms with Gasteiger partial charge in [0.15, 0.2) is 0 Å². The number of rotatable bonds is 1. The predicted octanol–water partition coefficient (Wildman–Crippen LogP) is -0.000300. The maximum Gasteiger partial charge on any atom is 0.238 e. The minimum atomic E-state index is -0.370. The van der Waals surface area contributed by atoms with Gasteiger partial charge in [0.2, 0.25) is 5.91 Å². The Morgan fingerprint density at radius 1 is 1.56 bits per heavy atom. The van der Waals surface area contributed by atoms with E-state index in [1.165, 1.54) is 4.90 Å². The number of carbonyl (C=O) groups is 1. The molecule has 0 heterocycles. The fourth-order valence-corrected chi connectivity index (χ4v) is 0.407. The second-order valence-corrected chi connectivity index (χ2v) is 2.02. The average molecular weight is 197 g/mol. The molecule has 0 saturated carbocycles. The van der Waals surface area contributed by atoms with E-state index in [0.29, 0.717) is 0 Å². The molecule has 0 aliphatic heterocycles. The van der Waals surface area contributed by atoms with Gasteiger partial charge in [0.05, 0.1) is 6.04 Å². The van der Waals surface area contributed by atoms with Crippen LogP contribution in [0.5, 0.6) is 0 Å². The summed E-state index contributed by atoms with van der Waals surface area (Å²) in [5, 5.41) is 0. The van der Waals surface area contributed by atoms with Gasteiger partial charge in [-0.3, -0.25) is 4.79 Å². The molecule has 3 nitrogen and oxygen atoms in total. The summed E-state index contributed by atoms with van der Waals surface area (Å²) in [5.74, 6) is -0.0370. The zero-order valence-corrected chi connectivity index (χ0v) is 7.63. The highest BCUT2D eigenvalue weighted by molar-refractivity contribution is 8.93. The van der Waals surface area contributed by atoms with Gasteiger partial charge >= 0.3 is 0 Å².